The fraction of sp³-hybridized carbons (Fsp3) is 1.00. The SMILES string of the molecule is CN1CCC(CN)C(C2CCC2)CC1. The van der Waals surface area contributed by atoms with Crippen molar-refractivity contribution in [2.75, 3.05) is 26.7 Å². The molecule has 1 aliphatic carbocycles. The van der Waals surface area contributed by atoms with Crippen LogP contribution in [0, 0.1) is 17.8 Å². The van der Waals surface area contributed by atoms with E-state index in [4.69, 9.17) is 5.73 Å². The van der Waals surface area contributed by atoms with Gasteiger partial charge in [0.05, 0.1) is 0 Å². The maximum Gasteiger partial charge on any atom is -0.00186 e. The molecule has 1 heterocycles. The maximum absolute atomic E-state index is 5.91. The van der Waals surface area contributed by atoms with Crippen LogP contribution in [0.4, 0.5) is 0 Å². The standard InChI is InChI=1S/C12H24N2/c1-14-7-5-11(9-13)12(6-8-14)10-3-2-4-10/h10-12H,2-9,13H2,1H3. The predicted molar refractivity (Wildman–Crippen MR) is 60.1 cm³/mol. The summed E-state index contributed by atoms with van der Waals surface area (Å²) in [4.78, 5) is 2.47. The molecule has 2 fully saturated rings. The Morgan fingerprint density at radius 2 is 1.86 bits per heavy atom. The van der Waals surface area contributed by atoms with Gasteiger partial charge < -0.3 is 10.6 Å². The first-order valence-corrected chi connectivity index (χ1v) is 6.20. The number of hydrogen-bond acceptors (Lipinski definition) is 2. The van der Waals surface area contributed by atoms with Gasteiger partial charge in [-0.15, -0.1) is 0 Å². The van der Waals surface area contributed by atoms with Crippen molar-refractivity contribution in [2.45, 2.75) is 32.1 Å². The first-order chi connectivity index (χ1) is 6.81. The normalized spacial score (nSPS) is 36.4. The Balaban J connectivity index is 1.95. The molecular formula is C12H24N2. The summed E-state index contributed by atoms with van der Waals surface area (Å²) in [5.41, 5.74) is 5.91. The highest BCUT2D eigenvalue weighted by Gasteiger charge is 2.33. The van der Waals surface area contributed by atoms with Crippen molar-refractivity contribution in [1.29, 1.82) is 0 Å². The molecule has 1 saturated carbocycles. The highest BCUT2D eigenvalue weighted by molar-refractivity contribution is 4.85. The van der Waals surface area contributed by atoms with Crippen molar-refractivity contribution in [3.05, 3.63) is 0 Å². The summed E-state index contributed by atoms with van der Waals surface area (Å²) in [5.74, 6) is 2.78. The molecule has 0 amide bonds. The quantitative estimate of drug-likeness (QED) is 0.728. The first-order valence-electron chi connectivity index (χ1n) is 6.20. The molecule has 2 atom stereocenters. The van der Waals surface area contributed by atoms with Crippen LogP contribution >= 0.6 is 0 Å². The van der Waals surface area contributed by atoms with Crippen molar-refractivity contribution in [1.82, 2.24) is 4.90 Å². The average molecular weight is 196 g/mol. The molecule has 1 saturated heterocycles. The molecule has 1 aliphatic heterocycles. The Labute approximate surface area is 87.8 Å². The van der Waals surface area contributed by atoms with E-state index < -0.39 is 0 Å². The minimum Gasteiger partial charge on any atom is -0.330 e. The highest BCUT2D eigenvalue weighted by Crippen LogP contribution is 2.40. The molecule has 2 heteroatoms. The number of likely N-dealkylation sites (tertiary alicyclic amines) is 1. The van der Waals surface area contributed by atoms with Gasteiger partial charge in [-0.05, 0) is 57.3 Å². The summed E-state index contributed by atoms with van der Waals surface area (Å²) in [5, 5.41) is 0. The minimum atomic E-state index is 0.810. The molecular weight excluding hydrogens is 172 g/mol. The molecule has 2 nitrogen and oxygen atoms in total. The van der Waals surface area contributed by atoms with Crippen LogP contribution in [0.2, 0.25) is 0 Å². The van der Waals surface area contributed by atoms with Crippen LogP contribution in [-0.2, 0) is 0 Å². The molecule has 2 aliphatic rings. The fourth-order valence-electron chi connectivity index (χ4n) is 3.10. The Morgan fingerprint density at radius 3 is 2.43 bits per heavy atom. The van der Waals surface area contributed by atoms with E-state index in [9.17, 15) is 0 Å². The van der Waals surface area contributed by atoms with E-state index >= 15 is 0 Å². The van der Waals surface area contributed by atoms with Gasteiger partial charge in [-0.1, -0.05) is 19.3 Å². The number of nitrogens with zero attached hydrogens (tertiary/aromatic N) is 1. The van der Waals surface area contributed by atoms with E-state index in [0.717, 1.165) is 24.3 Å². The van der Waals surface area contributed by atoms with Gasteiger partial charge in [0.2, 0.25) is 0 Å². The molecule has 0 aromatic heterocycles. The Hall–Kier alpha value is -0.0800. The zero-order valence-corrected chi connectivity index (χ0v) is 9.41. The van der Waals surface area contributed by atoms with E-state index in [-0.39, 0.29) is 0 Å². The third kappa shape index (κ3) is 2.12. The molecule has 0 spiro atoms. The Morgan fingerprint density at radius 1 is 1.14 bits per heavy atom. The van der Waals surface area contributed by atoms with E-state index in [1.165, 1.54) is 45.2 Å². The van der Waals surface area contributed by atoms with Gasteiger partial charge in [-0.25, -0.2) is 0 Å². The lowest BCUT2D eigenvalue weighted by Crippen LogP contribution is -2.32. The third-order valence-corrected chi connectivity index (χ3v) is 4.39. The van der Waals surface area contributed by atoms with Gasteiger partial charge in [0.25, 0.3) is 0 Å². The second kappa shape index (κ2) is 4.63. The number of rotatable bonds is 2. The van der Waals surface area contributed by atoms with Crippen molar-refractivity contribution in [2.24, 2.45) is 23.5 Å². The summed E-state index contributed by atoms with van der Waals surface area (Å²) in [6, 6.07) is 0. The molecule has 2 N–H and O–H groups in total. The minimum absolute atomic E-state index is 0.810. The van der Waals surface area contributed by atoms with Crippen molar-refractivity contribution < 1.29 is 0 Å². The van der Waals surface area contributed by atoms with E-state index in [0.29, 0.717) is 0 Å². The largest absolute Gasteiger partial charge is 0.330 e. The van der Waals surface area contributed by atoms with Gasteiger partial charge in [0.1, 0.15) is 0 Å². The summed E-state index contributed by atoms with van der Waals surface area (Å²) >= 11 is 0. The van der Waals surface area contributed by atoms with Crippen LogP contribution in [0.25, 0.3) is 0 Å². The van der Waals surface area contributed by atoms with Crippen LogP contribution in [0.5, 0.6) is 0 Å². The highest BCUT2D eigenvalue weighted by atomic mass is 15.1. The van der Waals surface area contributed by atoms with Crippen LogP contribution in [-0.4, -0.2) is 31.6 Å². The van der Waals surface area contributed by atoms with Gasteiger partial charge in [0, 0.05) is 0 Å². The van der Waals surface area contributed by atoms with Gasteiger partial charge >= 0.3 is 0 Å². The van der Waals surface area contributed by atoms with Crippen LogP contribution in [0.3, 0.4) is 0 Å². The Kier molecular flexibility index (Phi) is 3.45. The topological polar surface area (TPSA) is 29.3 Å². The lowest BCUT2D eigenvalue weighted by molar-refractivity contribution is 0.141. The van der Waals surface area contributed by atoms with Gasteiger partial charge in [-0.3, -0.25) is 0 Å². The molecule has 14 heavy (non-hydrogen) atoms. The maximum atomic E-state index is 5.91. The Bertz CT molecular complexity index is 177. The summed E-state index contributed by atoms with van der Waals surface area (Å²) in [7, 11) is 2.25. The number of hydrogen-bond donors (Lipinski definition) is 1. The fourth-order valence-corrected chi connectivity index (χ4v) is 3.10. The molecule has 0 radical (unpaired) electrons. The molecule has 82 valence electrons. The van der Waals surface area contributed by atoms with E-state index in [1.807, 2.05) is 0 Å². The molecule has 2 unspecified atom stereocenters. The zero-order chi connectivity index (χ0) is 9.97. The van der Waals surface area contributed by atoms with Crippen LogP contribution < -0.4 is 5.73 Å². The third-order valence-electron chi connectivity index (χ3n) is 4.39. The average Bonchev–Trinajstić information content (AvgIpc) is 2.27. The van der Waals surface area contributed by atoms with Crippen molar-refractivity contribution >= 4 is 0 Å². The zero-order valence-electron chi connectivity index (χ0n) is 9.41. The van der Waals surface area contributed by atoms with Crippen molar-refractivity contribution in [3.63, 3.8) is 0 Å². The van der Waals surface area contributed by atoms with Crippen LogP contribution in [0.1, 0.15) is 32.1 Å². The summed E-state index contributed by atoms with van der Waals surface area (Å²) < 4.78 is 0. The molecule has 0 bridgehead atoms. The summed E-state index contributed by atoms with van der Waals surface area (Å²) in [6.45, 7) is 3.46. The second-order valence-electron chi connectivity index (χ2n) is 5.23. The van der Waals surface area contributed by atoms with Gasteiger partial charge in [-0.2, -0.15) is 0 Å². The molecule has 0 aromatic carbocycles. The number of nitrogens with two attached hydrogens (primary N) is 1. The smallest absolute Gasteiger partial charge is 0.00186 e. The van der Waals surface area contributed by atoms with E-state index in [1.54, 1.807) is 0 Å². The van der Waals surface area contributed by atoms with Crippen molar-refractivity contribution in [3.8, 4) is 0 Å². The monoisotopic (exact) mass is 196 g/mol. The lowest BCUT2D eigenvalue weighted by atomic mass is 9.69. The molecule has 0 aromatic rings. The lowest BCUT2D eigenvalue weighted by Gasteiger charge is -2.37. The van der Waals surface area contributed by atoms with E-state index in [2.05, 4.69) is 11.9 Å². The molecule has 2 rings (SSSR count). The first kappa shape index (κ1) is 10.4. The second-order valence-corrected chi connectivity index (χ2v) is 5.23. The summed E-state index contributed by atoms with van der Waals surface area (Å²) in [6.07, 6.45) is 7.14. The van der Waals surface area contributed by atoms with Gasteiger partial charge in [0.15, 0.2) is 0 Å². The van der Waals surface area contributed by atoms with Crippen LogP contribution in [0.15, 0.2) is 0 Å². The predicted octanol–water partition coefficient (Wildman–Crippen LogP) is 1.70.